The molecule has 0 heterocycles. The van der Waals surface area contributed by atoms with Crippen LogP contribution in [0.15, 0.2) is 48.5 Å². The molecule has 0 bridgehead atoms. The van der Waals surface area contributed by atoms with E-state index in [1.54, 1.807) is 64.1 Å². The van der Waals surface area contributed by atoms with Gasteiger partial charge < -0.3 is 30.1 Å². The molecule has 0 radical (unpaired) electrons. The summed E-state index contributed by atoms with van der Waals surface area (Å²) in [6.45, 7) is 9.35. The Morgan fingerprint density at radius 3 is 2.23 bits per heavy atom. The van der Waals surface area contributed by atoms with Crippen molar-refractivity contribution < 1.29 is 33.8 Å². The molecule has 3 N–H and O–H groups in total. The first-order valence-electron chi connectivity index (χ1n) is 15.0. The highest BCUT2D eigenvalue weighted by molar-refractivity contribution is 5.92. The van der Waals surface area contributed by atoms with Crippen LogP contribution in [0.5, 0.6) is 5.75 Å². The molecule has 238 valence electrons. The fourth-order valence-corrected chi connectivity index (χ4v) is 4.47. The van der Waals surface area contributed by atoms with Gasteiger partial charge in [0.15, 0.2) is 0 Å². The van der Waals surface area contributed by atoms with E-state index < -0.39 is 41.6 Å². The molecule has 0 spiro atoms. The lowest BCUT2D eigenvalue weighted by Gasteiger charge is -2.34. The number of unbranched alkanes of at least 4 members (excludes halogenated alkanes) is 2. The molecule has 0 fully saturated rings. The zero-order chi connectivity index (χ0) is 32.7. The molecule has 10 nitrogen and oxygen atoms in total. The van der Waals surface area contributed by atoms with Gasteiger partial charge in [-0.05, 0) is 69.5 Å². The van der Waals surface area contributed by atoms with E-state index in [0.29, 0.717) is 23.1 Å². The molecule has 0 aliphatic rings. The SMILES string of the molecule is C#Cc1ccc(C(C(=O)NCCC(=O)OCC)N(CCCCC)C(=O)C(Cc2ccc(O)cc2)NC(=O)OC(C)(C)C)cc1. The van der Waals surface area contributed by atoms with Crippen molar-refractivity contribution in [3.05, 3.63) is 65.2 Å². The molecule has 0 aliphatic carbocycles. The molecule has 2 unspecified atom stereocenters. The Bertz CT molecular complexity index is 1280. The van der Waals surface area contributed by atoms with Crippen LogP contribution in [-0.2, 0) is 30.3 Å². The van der Waals surface area contributed by atoms with Crippen molar-refractivity contribution >= 4 is 23.9 Å². The minimum absolute atomic E-state index is 0.0146. The third-order valence-electron chi connectivity index (χ3n) is 6.54. The predicted octanol–water partition coefficient (Wildman–Crippen LogP) is 4.64. The van der Waals surface area contributed by atoms with Crippen LogP contribution >= 0.6 is 0 Å². The Hall–Kier alpha value is -4.52. The lowest BCUT2D eigenvalue weighted by molar-refractivity contribution is -0.144. The van der Waals surface area contributed by atoms with Gasteiger partial charge in [-0.25, -0.2) is 4.79 Å². The van der Waals surface area contributed by atoms with Crippen molar-refractivity contribution in [2.45, 2.75) is 84.4 Å². The van der Waals surface area contributed by atoms with Crippen molar-refractivity contribution in [3.63, 3.8) is 0 Å². The average molecular weight is 608 g/mol. The number of terminal acetylenes is 1. The molecular formula is C34H45N3O7. The number of esters is 1. The van der Waals surface area contributed by atoms with E-state index in [-0.39, 0.29) is 38.3 Å². The molecule has 0 aromatic heterocycles. The number of phenols is 1. The molecule has 2 aromatic carbocycles. The third kappa shape index (κ3) is 12.0. The van der Waals surface area contributed by atoms with Gasteiger partial charge in [-0.3, -0.25) is 14.4 Å². The number of aromatic hydroxyl groups is 1. The lowest BCUT2D eigenvalue weighted by atomic mass is 9.99. The van der Waals surface area contributed by atoms with Crippen LogP contribution in [0.1, 0.15) is 83.0 Å². The standard InChI is InChI=1S/C34H45N3O7/c1-7-10-11-22-37(30(26-16-12-24(8-2)13-17-26)31(40)35-21-20-29(39)43-9-3)32(41)28(36-33(42)44-34(4,5)6)23-25-14-18-27(38)19-15-25/h2,12-19,28,30,38H,7,9-11,20-23H2,1,3-6H3,(H,35,40)(H,36,42). The predicted molar refractivity (Wildman–Crippen MR) is 168 cm³/mol. The molecule has 3 amide bonds. The van der Waals surface area contributed by atoms with E-state index in [9.17, 15) is 24.3 Å². The van der Waals surface area contributed by atoms with E-state index in [0.717, 1.165) is 12.8 Å². The fourth-order valence-electron chi connectivity index (χ4n) is 4.47. The number of nitrogens with zero attached hydrogens (tertiary/aromatic N) is 1. The molecular weight excluding hydrogens is 562 g/mol. The van der Waals surface area contributed by atoms with Crippen LogP contribution in [0.3, 0.4) is 0 Å². The first-order chi connectivity index (χ1) is 20.9. The molecule has 10 heteroatoms. The highest BCUT2D eigenvalue weighted by Gasteiger charge is 2.36. The van der Waals surface area contributed by atoms with Gasteiger partial charge in [-0.15, -0.1) is 6.42 Å². The van der Waals surface area contributed by atoms with Crippen LogP contribution in [0.2, 0.25) is 0 Å². The Kier molecular flexibility index (Phi) is 14.2. The molecule has 0 aliphatic heterocycles. The van der Waals surface area contributed by atoms with Gasteiger partial charge >= 0.3 is 12.1 Å². The second kappa shape index (κ2) is 17.6. The number of nitrogens with one attached hydrogen (secondary N) is 2. The molecule has 0 saturated heterocycles. The summed E-state index contributed by atoms with van der Waals surface area (Å²) in [5.41, 5.74) is 0.996. The Balaban J connectivity index is 2.54. The number of hydrogen-bond acceptors (Lipinski definition) is 7. The van der Waals surface area contributed by atoms with Crippen molar-refractivity contribution in [1.82, 2.24) is 15.5 Å². The van der Waals surface area contributed by atoms with E-state index in [4.69, 9.17) is 15.9 Å². The van der Waals surface area contributed by atoms with Gasteiger partial charge in [0.05, 0.1) is 13.0 Å². The number of benzene rings is 2. The Morgan fingerprint density at radius 1 is 1.00 bits per heavy atom. The summed E-state index contributed by atoms with van der Waals surface area (Å²) in [4.78, 5) is 54.5. The van der Waals surface area contributed by atoms with Crippen LogP contribution in [0.4, 0.5) is 4.79 Å². The quantitative estimate of drug-likeness (QED) is 0.153. The molecule has 2 atom stereocenters. The third-order valence-corrected chi connectivity index (χ3v) is 6.54. The smallest absolute Gasteiger partial charge is 0.408 e. The monoisotopic (exact) mass is 607 g/mol. The van der Waals surface area contributed by atoms with Gasteiger partial charge in [-0.1, -0.05) is 50.0 Å². The minimum Gasteiger partial charge on any atom is -0.508 e. The van der Waals surface area contributed by atoms with Gasteiger partial charge in [0.1, 0.15) is 23.4 Å². The first kappa shape index (κ1) is 35.7. The lowest BCUT2D eigenvalue weighted by Crippen LogP contribution is -2.54. The largest absolute Gasteiger partial charge is 0.508 e. The average Bonchev–Trinajstić information content (AvgIpc) is 2.96. The summed E-state index contributed by atoms with van der Waals surface area (Å²) in [5, 5.41) is 15.2. The summed E-state index contributed by atoms with van der Waals surface area (Å²) in [6, 6.07) is 10.9. The van der Waals surface area contributed by atoms with Crippen molar-refractivity contribution in [1.29, 1.82) is 0 Å². The number of rotatable bonds is 15. The summed E-state index contributed by atoms with van der Waals surface area (Å²) < 4.78 is 10.4. The Morgan fingerprint density at radius 2 is 1.66 bits per heavy atom. The van der Waals surface area contributed by atoms with Crippen molar-refractivity contribution in [2.75, 3.05) is 19.7 Å². The van der Waals surface area contributed by atoms with Crippen LogP contribution in [0.25, 0.3) is 0 Å². The number of phenolic OH excluding ortho intramolecular Hbond substituents is 1. The second-order valence-corrected chi connectivity index (χ2v) is 11.3. The van der Waals surface area contributed by atoms with Crippen LogP contribution < -0.4 is 10.6 Å². The second-order valence-electron chi connectivity index (χ2n) is 11.3. The normalized spacial score (nSPS) is 12.3. The minimum atomic E-state index is -1.10. The van der Waals surface area contributed by atoms with Crippen LogP contribution in [0, 0.1) is 12.3 Å². The summed E-state index contributed by atoms with van der Waals surface area (Å²) in [6.07, 6.45) is 7.11. The number of ether oxygens (including phenoxy) is 2. The maximum Gasteiger partial charge on any atom is 0.408 e. The van der Waals surface area contributed by atoms with Crippen LogP contribution in [-0.4, -0.2) is 65.2 Å². The van der Waals surface area contributed by atoms with E-state index in [1.165, 1.54) is 17.0 Å². The maximum absolute atomic E-state index is 14.4. The topological polar surface area (TPSA) is 134 Å². The number of carbonyl (C=O) groups is 4. The summed E-state index contributed by atoms with van der Waals surface area (Å²) in [7, 11) is 0. The Labute approximate surface area is 260 Å². The van der Waals surface area contributed by atoms with E-state index >= 15 is 0 Å². The van der Waals surface area contributed by atoms with E-state index in [1.807, 2.05) is 6.92 Å². The zero-order valence-corrected chi connectivity index (χ0v) is 26.4. The highest BCUT2D eigenvalue weighted by atomic mass is 16.6. The summed E-state index contributed by atoms with van der Waals surface area (Å²) >= 11 is 0. The van der Waals surface area contributed by atoms with Gasteiger partial charge in [0.25, 0.3) is 0 Å². The fraction of sp³-hybridized carbons (Fsp3) is 0.471. The summed E-state index contributed by atoms with van der Waals surface area (Å²) in [5.74, 6) is 1.18. The zero-order valence-electron chi connectivity index (χ0n) is 26.4. The number of hydrogen-bond donors (Lipinski definition) is 3. The maximum atomic E-state index is 14.4. The van der Waals surface area contributed by atoms with Crippen molar-refractivity contribution in [3.8, 4) is 18.1 Å². The van der Waals surface area contributed by atoms with Gasteiger partial charge in [0.2, 0.25) is 11.8 Å². The molecule has 0 saturated carbocycles. The van der Waals surface area contributed by atoms with Gasteiger partial charge in [-0.2, -0.15) is 0 Å². The number of amides is 3. The van der Waals surface area contributed by atoms with E-state index in [2.05, 4.69) is 16.6 Å². The first-order valence-corrected chi connectivity index (χ1v) is 15.0. The van der Waals surface area contributed by atoms with Gasteiger partial charge in [0, 0.05) is 25.1 Å². The molecule has 2 aromatic rings. The molecule has 2 rings (SSSR count). The highest BCUT2D eigenvalue weighted by Crippen LogP contribution is 2.25. The number of alkyl carbamates (subject to hydrolysis) is 1. The number of carbonyl (C=O) groups excluding carboxylic acids is 4. The van der Waals surface area contributed by atoms with Crippen molar-refractivity contribution in [2.24, 2.45) is 0 Å². The molecule has 44 heavy (non-hydrogen) atoms.